The zero-order valence-corrected chi connectivity index (χ0v) is 11.4. The van der Waals surface area contributed by atoms with Crippen LogP contribution < -0.4 is 5.32 Å². The number of nitrogens with zero attached hydrogens (tertiary/aromatic N) is 1. The van der Waals surface area contributed by atoms with Crippen LogP contribution in [0, 0.1) is 11.6 Å². The van der Waals surface area contributed by atoms with Gasteiger partial charge in [0.15, 0.2) is 0 Å². The first-order valence-electron chi connectivity index (χ1n) is 5.50. The van der Waals surface area contributed by atoms with Crippen molar-refractivity contribution in [2.45, 2.75) is 13.0 Å². The summed E-state index contributed by atoms with van der Waals surface area (Å²) in [6.45, 7) is 1.82. The van der Waals surface area contributed by atoms with Gasteiger partial charge < -0.3 is 5.32 Å². The molecule has 0 spiro atoms. The zero-order chi connectivity index (χ0) is 14.0. The molecule has 1 aromatic carbocycles. The molecule has 0 fully saturated rings. The minimum absolute atomic E-state index is 0.180. The van der Waals surface area contributed by atoms with Crippen LogP contribution in [0.3, 0.4) is 0 Å². The molecule has 0 aliphatic heterocycles. The third-order valence-corrected chi connectivity index (χ3v) is 3.16. The quantitative estimate of drug-likeness (QED) is 0.877. The van der Waals surface area contributed by atoms with Crippen molar-refractivity contribution in [1.82, 2.24) is 4.98 Å². The van der Waals surface area contributed by atoms with Gasteiger partial charge in [-0.3, -0.25) is 4.98 Å². The molecule has 0 aliphatic rings. The monoisotopic (exact) mass is 302 g/mol. The summed E-state index contributed by atoms with van der Waals surface area (Å²) in [5, 5.41) is 3.39. The fraction of sp³-hybridized carbons (Fsp3) is 0.154. The summed E-state index contributed by atoms with van der Waals surface area (Å²) in [4.78, 5) is 3.95. The second-order valence-electron chi connectivity index (χ2n) is 4.01. The van der Waals surface area contributed by atoms with Crippen molar-refractivity contribution in [3.63, 3.8) is 0 Å². The number of anilines is 1. The fourth-order valence-corrected chi connectivity index (χ4v) is 2.18. The van der Waals surface area contributed by atoms with Gasteiger partial charge in [0.2, 0.25) is 0 Å². The molecule has 1 atom stereocenters. The lowest BCUT2D eigenvalue weighted by Crippen LogP contribution is -2.09. The molecule has 2 aromatic rings. The second kappa shape index (κ2) is 5.72. The number of benzene rings is 1. The number of halogens is 4. The average molecular weight is 303 g/mol. The van der Waals surface area contributed by atoms with E-state index in [1.54, 1.807) is 6.07 Å². The molecule has 0 bridgehead atoms. The fourth-order valence-electron chi connectivity index (χ4n) is 1.61. The minimum atomic E-state index is -0.506. The van der Waals surface area contributed by atoms with E-state index in [2.05, 4.69) is 10.3 Å². The van der Waals surface area contributed by atoms with Crippen LogP contribution in [0.4, 0.5) is 14.5 Å². The van der Waals surface area contributed by atoms with Crippen LogP contribution in [0.15, 0.2) is 30.5 Å². The van der Waals surface area contributed by atoms with E-state index in [0.717, 1.165) is 6.20 Å². The highest BCUT2D eigenvalue weighted by Gasteiger charge is 2.13. The lowest BCUT2D eigenvalue weighted by Gasteiger charge is -2.17. The smallest absolute Gasteiger partial charge is 0.141 e. The van der Waals surface area contributed by atoms with Gasteiger partial charge in [-0.1, -0.05) is 23.2 Å². The SMILES string of the molecule is CC(Nc1c(Cl)cc(F)cc1Cl)c1ccc(F)cn1. The summed E-state index contributed by atoms with van der Waals surface area (Å²) in [7, 11) is 0. The topological polar surface area (TPSA) is 24.9 Å². The van der Waals surface area contributed by atoms with Crippen molar-refractivity contribution in [2.75, 3.05) is 5.32 Å². The third-order valence-electron chi connectivity index (χ3n) is 2.56. The van der Waals surface area contributed by atoms with E-state index < -0.39 is 11.6 Å². The Labute approximate surface area is 119 Å². The Bertz CT molecular complexity index is 565. The highest BCUT2D eigenvalue weighted by molar-refractivity contribution is 6.39. The van der Waals surface area contributed by atoms with Crippen LogP contribution in [0.2, 0.25) is 10.0 Å². The Morgan fingerprint density at radius 1 is 1.11 bits per heavy atom. The molecule has 0 aliphatic carbocycles. The van der Waals surface area contributed by atoms with Crippen LogP contribution in [0.1, 0.15) is 18.7 Å². The van der Waals surface area contributed by atoms with Crippen LogP contribution >= 0.6 is 23.2 Å². The van der Waals surface area contributed by atoms with Crippen molar-refractivity contribution in [3.05, 3.63) is 57.8 Å². The van der Waals surface area contributed by atoms with Crippen molar-refractivity contribution in [2.24, 2.45) is 0 Å². The highest BCUT2D eigenvalue weighted by Crippen LogP contribution is 2.33. The minimum Gasteiger partial charge on any atom is -0.375 e. The lowest BCUT2D eigenvalue weighted by molar-refractivity contribution is 0.617. The van der Waals surface area contributed by atoms with E-state index in [1.165, 1.54) is 18.2 Å². The standard InChI is InChI=1S/C13H10Cl2F2N2/c1-7(12-3-2-8(16)6-18-12)19-13-10(14)4-9(17)5-11(13)15/h2-7,19H,1H3. The molecule has 0 saturated heterocycles. The summed E-state index contributed by atoms with van der Waals surface area (Å²) < 4.78 is 25.8. The maximum Gasteiger partial charge on any atom is 0.141 e. The molecule has 19 heavy (non-hydrogen) atoms. The van der Waals surface area contributed by atoms with Gasteiger partial charge in [0.25, 0.3) is 0 Å². The van der Waals surface area contributed by atoms with Gasteiger partial charge in [-0.25, -0.2) is 8.78 Å². The largest absolute Gasteiger partial charge is 0.375 e. The van der Waals surface area contributed by atoms with E-state index in [9.17, 15) is 8.78 Å². The van der Waals surface area contributed by atoms with Gasteiger partial charge in [-0.05, 0) is 31.2 Å². The number of hydrogen-bond donors (Lipinski definition) is 1. The van der Waals surface area contributed by atoms with Crippen LogP contribution in [-0.4, -0.2) is 4.98 Å². The highest BCUT2D eigenvalue weighted by atomic mass is 35.5. The molecule has 1 heterocycles. The number of pyridine rings is 1. The van der Waals surface area contributed by atoms with Crippen molar-refractivity contribution in [1.29, 1.82) is 0 Å². The molecule has 6 heteroatoms. The van der Waals surface area contributed by atoms with Crippen molar-refractivity contribution >= 4 is 28.9 Å². The maximum atomic E-state index is 13.1. The second-order valence-corrected chi connectivity index (χ2v) is 4.83. The average Bonchev–Trinajstić information content (AvgIpc) is 2.34. The van der Waals surface area contributed by atoms with Gasteiger partial charge in [-0.15, -0.1) is 0 Å². The molecule has 2 nitrogen and oxygen atoms in total. The van der Waals surface area contributed by atoms with E-state index >= 15 is 0 Å². The zero-order valence-electron chi connectivity index (χ0n) is 9.92. The first-order valence-corrected chi connectivity index (χ1v) is 6.25. The molecule has 100 valence electrons. The Kier molecular flexibility index (Phi) is 4.22. The Morgan fingerprint density at radius 2 is 1.74 bits per heavy atom. The van der Waals surface area contributed by atoms with E-state index in [0.29, 0.717) is 11.4 Å². The normalized spacial score (nSPS) is 12.3. The number of rotatable bonds is 3. The van der Waals surface area contributed by atoms with Crippen molar-refractivity contribution < 1.29 is 8.78 Å². The summed E-state index contributed by atoms with van der Waals surface area (Å²) in [5.41, 5.74) is 1.04. The predicted octanol–water partition coefficient (Wildman–Crippen LogP) is 4.84. The first kappa shape index (κ1) is 14.0. The Hall–Kier alpha value is -1.39. The summed E-state index contributed by atoms with van der Waals surface area (Å²) in [6, 6.07) is 4.95. The molecule has 0 saturated carbocycles. The number of hydrogen-bond acceptors (Lipinski definition) is 2. The number of nitrogens with one attached hydrogen (secondary N) is 1. The molecule has 1 N–H and O–H groups in total. The predicted molar refractivity (Wildman–Crippen MR) is 72.7 cm³/mol. The van der Waals surface area contributed by atoms with Gasteiger partial charge >= 0.3 is 0 Å². The Balaban J connectivity index is 2.24. The molecular weight excluding hydrogens is 293 g/mol. The first-order chi connectivity index (χ1) is 8.97. The molecule has 0 radical (unpaired) electrons. The summed E-state index contributed by atoms with van der Waals surface area (Å²) >= 11 is 11.8. The molecule has 2 rings (SSSR count). The van der Waals surface area contributed by atoms with Crippen molar-refractivity contribution in [3.8, 4) is 0 Å². The van der Waals surface area contributed by atoms with Crippen LogP contribution in [0.25, 0.3) is 0 Å². The van der Waals surface area contributed by atoms with Gasteiger partial charge in [0, 0.05) is 0 Å². The Morgan fingerprint density at radius 3 is 2.26 bits per heavy atom. The van der Waals surface area contributed by atoms with E-state index in [1.807, 2.05) is 6.92 Å². The molecule has 0 amide bonds. The lowest BCUT2D eigenvalue weighted by atomic mass is 10.2. The van der Waals surface area contributed by atoms with E-state index in [4.69, 9.17) is 23.2 Å². The third kappa shape index (κ3) is 3.33. The summed E-state index contributed by atoms with van der Waals surface area (Å²) in [5.74, 6) is -0.915. The molecule has 1 aromatic heterocycles. The van der Waals surface area contributed by atoms with E-state index in [-0.39, 0.29) is 16.1 Å². The molecule has 1 unspecified atom stereocenters. The van der Waals surface area contributed by atoms with Crippen LogP contribution in [-0.2, 0) is 0 Å². The van der Waals surface area contributed by atoms with Crippen LogP contribution in [0.5, 0.6) is 0 Å². The molecular formula is C13H10Cl2F2N2. The van der Waals surface area contributed by atoms with Gasteiger partial charge in [0.05, 0.1) is 33.7 Å². The number of aromatic nitrogens is 1. The van der Waals surface area contributed by atoms with Gasteiger partial charge in [0.1, 0.15) is 11.6 Å². The van der Waals surface area contributed by atoms with Gasteiger partial charge in [-0.2, -0.15) is 0 Å². The maximum absolute atomic E-state index is 13.1. The summed E-state index contributed by atoms with van der Waals surface area (Å²) in [6.07, 6.45) is 1.13.